The highest BCUT2D eigenvalue weighted by atomic mass is 19.4. The molecular weight excluding hydrogens is 321 g/mol. The number of halogens is 3. The number of hydrogen-bond acceptors (Lipinski definition) is 3. The van der Waals surface area contributed by atoms with E-state index >= 15 is 0 Å². The maximum absolute atomic E-state index is 13.2. The third-order valence-electron chi connectivity index (χ3n) is 3.89. The summed E-state index contributed by atoms with van der Waals surface area (Å²) in [7, 11) is 1.51. The first-order valence-electron chi connectivity index (χ1n) is 7.77. The topological polar surface area (TPSA) is 32.8 Å². The number of carbonyl (C=O) groups excluding carboxylic acids is 1. The fourth-order valence-electron chi connectivity index (χ4n) is 2.41. The minimum absolute atomic E-state index is 0.0140. The van der Waals surface area contributed by atoms with Crippen LogP contribution in [-0.4, -0.2) is 68.3 Å². The number of likely N-dealkylation sites (N-methyl/N-ethyl adjacent to an activating group) is 1. The minimum atomic E-state index is -4.58. The first-order valence-corrected chi connectivity index (χ1v) is 7.77. The zero-order chi connectivity index (χ0) is 17.6. The molecule has 1 saturated heterocycles. The Morgan fingerprint density at radius 2 is 1.88 bits per heavy atom. The van der Waals surface area contributed by atoms with Crippen molar-refractivity contribution in [3.05, 3.63) is 42.0 Å². The minimum Gasteiger partial charge on any atom is -0.379 e. The summed E-state index contributed by atoms with van der Waals surface area (Å²) < 4.78 is 45.0. The van der Waals surface area contributed by atoms with Crippen LogP contribution in [0.3, 0.4) is 0 Å². The van der Waals surface area contributed by atoms with Crippen molar-refractivity contribution in [1.29, 1.82) is 0 Å². The van der Waals surface area contributed by atoms with Crippen LogP contribution < -0.4 is 0 Å². The van der Waals surface area contributed by atoms with Crippen LogP contribution in [0.4, 0.5) is 13.2 Å². The molecule has 0 aliphatic carbocycles. The van der Waals surface area contributed by atoms with Crippen LogP contribution in [0.15, 0.2) is 36.4 Å². The number of nitrogens with zero attached hydrogens (tertiary/aromatic N) is 2. The van der Waals surface area contributed by atoms with Crippen molar-refractivity contribution in [1.82, 2.24) is 9.80 Å². The van der Waals surface area contributed by atoms with Crippen molar-refractivity contribution in [2.75, 3.05) is 46.4 Å². The lowest BCUT2D eigenvalue weighted by Gasteiger charge is -2.28. The molecule has 1 aromatic rings. The standard InChI is InChI=1S/C17H21F3N2O2/c1-21(7-8-22-9-11-24-12-10-22)16(23)13-15(17(18,19)20)14-5-3-2-4-6-14/h2-6,13H,7-12H2,1H3/b15-13-. The van der Waals surface area contributed by atoms with Gasteiger partial charge in [0.15, 0.2) is 0 Å². The molecule has 24 heavy (non-hydrogen) atoms. The van der Waals surface area contributed by atoms with Gasteiger partial charge in [-0.25, -0.2) is 0 Å². The van der Waals surface area contributed by atoms with Crippen LogP contribution in [0.2, 0.25) is 0 Å². The summed E-state index contributed by atoms with van der Waals surface area (Å²) >= 11 is 0. The van der Waals surface area contributed by atoms with Crippen LogP contribution >= 0.6 is 0 Å². The van der Waals surface area contributed by atoms with E-state index in [4.69, 9.17) is 4.74 Å². The third-order valence-corrected chi connectivity index (χ3v) is 3.89. The molecule has 1 aliphatic heterocycles. The second-order valence-electron chi connectivity index (χ2n) is 5.64. The van der Waals surface area contributed by atoms with Crippen molar-refractivity contribution in [3.8, 4) is 0 Å². The molecule has 4 nitrogen and oxygen atoms in total. The fourth-order valence-corrected chi connectivity index (χ4v) is 2.41. The summed E-state index contributed by atoms with van der Waals surface area (Å²) in [6.45, 7) is 3.82. The molecule has 0 unspecified atom stereocenters. The molecule has 0 aromatic heterocycles. The van der Waals surface area contributed by atoms with Crippen molar-refractivity contribution < 1.29 is 22.7 Å². The van der Waals surface area contributed by atoms with Crippen LogP contribution in [0.5, 0.6) is 0 Å². The predicted octanol–water partition coefficient (Wildman–Crippen LogP) is 2.42. The highest BCUT2D eigenvalue weighted by Gasteiger charge is 2.35. The average Bonchev–Trinajstić information content (AvgIpc) is 2.58. The van der Waals surface area contributed by atoms with Crippen LogP contribution in [0.1, 0.15) is 5.56 Å². The monoisotopic (exact) mass is 342 g/mol. The summed E-state index contributed by atoms with van der Waals surface area (Å²) in [5.74, 6) is -0.653. The summed E-state index contributed by atoms with van der Waals surface area (Å²) in [6, 6.07) is 7.36. The lowest BCUT2D eigenvalue weighted by Crippen LogP contribution is -2.41. The third kappa shape index (κ3) is 5.35. The van der Waals surface area contributed by atoms with Gasteiger partial charge in [-0.2, -0.15) is 13.2 Å². The van der Waals surface area contributed by atoms with Crippen molar-refractivity contribution in [3.63, 3.8) is 0 Å². The molecule has 1 aromatic carbocycles. The van der Waals surface area contributed by atoms with E-state index in [0.29, 0.717) is 32.4 Å². The Morgan fingerprint density at radius 1 is 1.25 bits per heavy atom. The van der Waals surface area contributed by atoms with E-state index in [2.05, 4.69) is 4.90 Å². The van der Waals surface area contributed by atoms with E-state index in [9.17, 15) is 18.0 Å². The van der Waals surface area contributed by atoms with E-state index < -0.39 is 17.7 Å². The van der Waals surface area contributed by atoms with E-state index in [1.54, 1.807) is 6.07 Å². The average molecular weight is 342 g/mol. The van der Waals surface area contributed by atoms with Gasteiger partial charge in [0.25, 0.3) is 0 Å². The van der Waals surface area contributed by atoms with E-state index in [-0.39, 0.29) is 5.56 Å². The highest BCUT2D eigenvalue weighted by molar-refractivity contribution is 5.96. The first kappa shape index (κ1) is 18.5. The Bertz CT molecular complexity index is 567. The number of alkyl halides is 3. The quantitative estimate of drug-likeness (QED) is 0.771. The second kappa shape index (κ2) is 8.30. The number of amides is 1. The lowest BCUT2D eigenvalue weighted by molar-refractivity contribution is -0.125. The summed E-state index contributed by atoms with van der Waals surface area (Å²) in [5, 5.41) is 0. The highest BCUT2D eigenvalue weighted by Crippen LogP contribution is 2.33. The number of carbonyl (C=O) groups is 1. The molecule has 1 heterocycles. The molecule has 0 saturated carbocycles. The van der Waals surface area contributed by atoms with E-state index in [1.165, 1.54) is 36.2 Å². The van der Waals surface area contributed by atoms with E-state index in [1.807, 2.05) is 0 Å². The van der Waals surface area contributed by atoms with Gasteiger partial charge in [0.05, 0.1) is 18.8 Å². The molecular formula is C17H21F3N2O2. The maximum Gasteiger partial charge on any atom is 0.417 e. The largest absolute Gasteiger partial charge is 0.417 e. The van der Waals surface area contributed by atoms with Gasteiger partial charge in [0.2, 0.25) is 5.91 Å². The Balaban J connectivity index is 2.03. The SMILES string of the molecule is CN(CCN1CCOCC1)C(=O)/C=C(/c1ccccc1)C(F)(F)F. The van der Waals surface area contributed by atoms with Gasteiger partial charge in [-0.05, 0) is 5.56 Å². The molecule has 0 N–H and O–H groups in total. The fraction of sp³-hybridized carbons (Fsp3) is 0.471. The Hall–Kier alpha value is -1.86. The molecule has 1 amide bonds. The zero-order valence-corrected chi connectivity index (χ0v) is 13.6. The normalized spacial score (nSPS) is 16.9. The smallest absolute Gasteiger partial charge is 0.379 e. The van der Waals surface area contributed by atoms with E-state index in [0.717, 1.165) is 13.1 Å². The first-order chi connectivity index (χ1) is 11.4. The number of ether oxygens (including phenoxy) is 1. The van der Waals surface area contributed by atoms with Gasteiger partial charge in [0.1, 0.15) is 0 Å². The maximum atomic E-state index is 13.2. The van der Waals surface area contributed by atoms with Gasteiger partial charge in [-0.15, -0.1) is 0 Å². The van der Waals surface area contributed by atoms with Crippen molar-refractivity contribution in [2.24, 2.45) is 0 Å². The predicted molar refractivity (Wildman–Crippen MR) is 85.4 cm³/mol. The number of hydrogen-bond donors (Lipinski definition) is 0. The molecule has 0 radical (unpaired) electrons. The number of benzene rings is 1. The Kier molecular flexibility index (Phi) is 6.39. The molecule has 1 aliphatic rings. The molecule has 2 rings (SSSR count). The molecule has 7 heteroatoms. The number of rotatable bonds is 5. The molecule has 0 atom stereocenters. The van der Waals surface area contributed by atoms with Gasteiger partial charge in [-0.1, -0.05) is 30.3 Å². The second-order valence-corrected chi connectivity index (χ2v) is 5.64. The van der Waals surface area contributed by atoms with Crippen LogP contribution in [0, 0.1) is 0 Å². The lowest BCUT2D eigenvalue weighted by atomic mass is 10.0. The molecule has 0 spiro atoms. The number of morpholine rings is 1. The molecule has 0 bridgehead atoms. The van der Waals surface area contributed by atoms with Gasteiger partial charge in [-0.3, -0.25) is 9.69 Å². The summed E-state index contributed by atoms with van der Waals surface area (Å²) in [5.41, 5.74) is -0.939. The Morgan fingerprint density at radius 3 is 2.46 bits per heavy atom. The van der Waals surface area contributed by atoms with Crippen molar-refractivity contribution >= 4 is 11.5 Å². The molecule has 132 valence electrons. The summed E-state index contributed by atoms with van der Waals surface area (Å²) in [6.07, 6.45) is -3.91. The van der Waals surface area contributed by atoms with Gasteiger partial charge >= 0.3 is 6.18 Å². The zero-order valence-electron chi connectivity index (χ0n) is 13.6. The van der Waals surface area contributed by atoms with Crippen LogP contribution in [-0.2, 0) is 9.53 Å². The Labute approximate surface area is 139 Å². The number of allylic oxidation sites excluding steroid dienone is 1. The molecule has 1 fully saturated rings. The summed E-state index contributed by atoms with van der Waals surface area (Å²) in [4.78, 5) is 15.6. The van der Waals surface area contributed by atoms with Gasteiger partial charge < -0.3 is 9.64 Å². The van der Waals surface area contributed by atoms with Gasteiger partial charge in [0, 0.05) is 39.3 Å². The van der Waals surface area contributed by atoms with Crippen LogP contribution in [0.25, 0.3) is 5.57 Å². The van der Waals surface area contributed by atoms with Crippen molar-refractivity contribution in [2.45, 2.75) is 6.18 Å².